The Morgan fingerprint density at radius 3 is 1.70 bits per heavy atom. The Morgan fingerprint density at radius 2 is 1.26 bits per heavy atom. The predicted octanol–water partition coefficient (Wildman–Crippen LogP) is 5.15. The minimum absolute atomic E-state index is 0.425. The Hall–Kier alpha value is -0.870. The van der Waals surface area contributed by atoms with E-state index >= 15 is 0 Å². The summed E-state index contributed by atoms with van der Waals surface area (Å²) in [6.07, 6.45) is 8.79. The number of aryl methyl sites for hydroxylation is 1. The fraction of sp³-hybridized carbons (Fsp3) is 0.684. The quantitative estimate of drug-likeness (QED) is 0.494. The van der Waals surface area contributed by atoms with Gasteiger partial charge in [-0.1, -0.05) is 70.1 Å². The molecule has 0 bridgehead atoms. The van der Waals surface area contributed by atoms with Gasteiger partial charge in [-0.15, -0.1) is 0 Å². The number of rotatable bonds is 12. The number of sulfonamides is 1. The van der Waals surface area contributed by atoms with Crippen molar-refractivity contribution < 1.29 is 8.42 Å². The summed E-state index contributed by atoms with van der Waals surface area (Å²) in [4.78, 5) is 0.425. The van der Waals surface area contributed by atoms with Crippen LogP contribution in [-0.4, -0.2) is 25.8 Å². The molecule has 23 heavy (non-hydrogen) atoms. The van der Waals surface area contributed by atoms with Crippen LogP contribution in [0.4, 0.5) is 0 Å². The molecule has 0 saturated heterocycles. The van der Waals surface area contributed by atoms with Gasteiger partial charge in [-0.2, -0.15) is 4.31 Å². The molecule has 132 valence electrons. The highest BCUT2D eigenvalue weighted by atomic mass is 32.2. The monoisotopic (exact) mass is 339 g/mol. The third kappa shape index (κ3) is 7.05. The van der Waals surface area contributed by atoms with Crippen molar-refractivity contribution in [2.24, 2.45) is 0 Å². The average Bonchev–Trinajstić information content (AvgIpc) is 2.53. The van der Waals surface area contributed by atoms with Gasteiger partial charge in [0.2, 0.25) is 10.0 Å². The predicted molar refractivity (Wildman–Crippen MR) is 98.2 cm³/mol. The van der Waals surface area contributed by atoms with Crippen LogP contribution in [0.15, 0.2) is 29.2 Å². The number of nitrogens with zero attached hydrogens (tertiary/aromatic N) is 1. The molecule has 0 aliphatic carbocycles. The van der Waals surface area contributed by atoms with Gasteiger partial charge in [-0.05, 0) is 31.9 Å². The van der Waals surface area contributed by atoms with E-state index in [0.29, 0.717) is 18.0 Å². The van der Waals surface area contributed by atoms with Gasteiger partial charge >= 0.3 is 0 Å². The smallest absolute Gasteiger partial charge is 0.207 e. The number of unbranched alkanes of at least 4 members (excludes halogenated alkanes) is 6. The summed E-state index contributed by atoms with van der Waals surface area (Å²) in [6.45, 7) is 7.60. The second-order valence-corrected chi connectivity index (χ2v) is 8.28. The molecule has 0 unspecified atom stereocenters. The standard InChI is InChI=1S/C19H33NO2S/c1-4-6-8-10-16-20(17-11-9-7-5-2)23(21,22)19-14-12-18(3)13-15-19/h12-15H,4-11,16-17H2,1-3H3. The molecule has 0 saturated carbocycles. The van der Waals surface area contributed by atoms with Gasteiger partial charge in [-0.25, -0.2) is 8.42 Å². The van der Waals surface area contributed by atoms with Crippen molar-refractivity contribution in [3.05, 3.63) is 29.8 Å². The molecule has 0 amide bonds. The van der Waals surface area contributed by atoms with E-state index in [1.54, 1.807) is 16.4 Å². The first kappa shape index (κ1) is 20.2. The van der Waals surface area contributed by atoms with E-state index in [1.807, 2.05) is 19.1 Å². The Bertz CT molecular complexity index is 511. The van der Waals surface area contributed by atoms with E-state index in [-0.39, 0.29) is 0 Å². The summed E-state index contributed by atoms with van der Waals surface area (Å²) in [7, 11) is -3.36. The SMILES string of the molecule is CCCCCCN(CCCCCC)S(=O)(=O)c1ccc(C)cc1. The molecule has 1 aromatic carbocycles. The molecule has 1 aromatic rings. The van der Waals surface area contributed by atoms with Crippen LogP contribution in [0.1, 0.15) is 70.8 Å². The van der Waals surface area contributed by atoms with Gasteiger partial charge in [-0.3, -0.25) is 0 Å². The van der Waals surface area contributed by atoms with E-state index in [2.05, 4.69) is 13.8 Å². The van der Waals surface area contributed by atoms with Crippen molar-refractivity contribution in [1.82, 2.24) is 4.31 Å². The minimum Gasteiger partial charge on any atom is -0.207 e. The summed E-state index contributed by atoms with van der Waals surface area (Å²) in [6, 6.07) is 7.21. The van der Waals surface area contributed by atoms with Crippen molar-refractivity contribution in [2.45, 2.75) is 77.0 Å². The zero-order chi connectivity index (χ0) is 17.1. The van der Waals surface area contributed by atoms with Crippen molar-refractivity contribution in [1.29, 1.82) is 0 Å². The zero-order valence-corrected chi connectivity index (χ0v) is 15.9. The lowest BCUT2D eigenvalue weighted by molar-refractivity contribution is 0.385. The largest absolute Gasteiger partial charge is 0.243 e. The van der Waals surface area contributed by atoms with Gasteiger partial charge in [0.05, 0.1) is 4.90 Å². The summed E-state index contributed by atoms with van der Waals surface area (Å²) in [5.74, 6) is 0. The maximum Gasteiger partial charge on any atom is 0.243 e. The van der Waals surface area contributed by atoms with Gasteiger partial charge in [0.15, 0.2) is 0 Å². The van der Waals surface area contributed by atoms with Gasteiger partial charge in [0.1, 0.15) is 0 Å². The van der Waals surface area contributed by atoms with Gasteiger partial charge < -0.3 is 0 Å². The zero-order valence-electron chi connectivity index (χ0n) is 15.1. The lowest BCUT2D eigenvalue weighted by atomic mass is 10.2. The van der Waals surface area contributed by atoms with Crippen LogP contribution in [0.5, 0.6) is 0 Å². The molecule has 0 atom stereocenters. The van der Waals surface area contributed by atoms with Crippen molar-refractivity contribution >= 4 is 10.0 Å². The highest BCUT2D eigenvalue weighted by Gasteiger charge is 2.23. The molecule has 0 heterocycles. The molecule has 0 fully saturated rings. The third-order valence-corrected chi connectivity index (χ3v) is 6.09. The van der Waals surface area contributed by atoms with Crippen LogP contribution in [0, 0.1) is 6.92 Å². The summed E-state index contributed by atoms with van der Waals surface area (Å²) in [5.41, 5.74) is 1.08. The summed E-state index contributed by atoms with van der Waals surface area (Å²) >= 11 is 0. The molecular weight excluding hydrogens is 306 g/mol. The van der Waals surface area contributed by atoms with Crippen molar-refractivity contribution in [3.63, 3.8) is 0 Å². The maximum absolute atomic E-state index is 12.9. The fourth-order valence-corrected chi connectivity index (χ4v) is 4.16. The molecule has 0 aliphatic rings. The second kappa shape index (κ2) is 10.8. The lowest BCUT2D eigenvalue weighted by Crippen LogP contribution is -2.33. The minimum atomic E-state index is -3.36. The first-order valence-corrected chi connectivity index (χ1v) is 10.5. The molecular formula is C19H33NO2S. The fourth-order valence-electron chi connectivity index (χ4n) is 2.64. The number of hydrogen-bond donors (Lipinski definition) is 0. The Morgan fingerprint density at radius 1 is 0.783 bits per heavy atom. The average molecular weight is 340 g/mol. The normalized spacial score (nSPS) is 12.0. The molecule has 3 nitrogen and oxygen atoms in total. The molecule has 1 rings (SSSR count). The van der Waals surface area contributed by atoms with E-state index in [1.165, 1.54) is 25.7 Å². The van der Waals surface area contributed by atoms with E-state index in [4.69, 9.17) is 0 Å². The first-order valence-electron chi connectivity index (χ1n) is 9.09. The highest BCUT2D eigenvalue weighted by Crippen LogP contribution is 2.18. The molecule has 0 radical (unpaired) electrons. The van der Waals surface area contributed by atoms with Gasteiger partial charge in [0.25, 0.3) is 0 Å². The molecule has 0 aliphatic heterocycles. The lowest BCUT2D eigenvalue weighted by Gasteiger charge is -2.22. The molecule has 0 aromatic heterocycles. The number of benzene rings is 1. The topological polar surface area (TPSA) is 37.4 Å². The molecule has 4 heteroatoms. The van der Waals surface area contributed by atoms with E-state index in [0.717, 1.165) is 31.2 Å². The van der Waals surface area contributed by atoms with E-state index < -0.39 is 10.0 Å². The van der Waals surface area contributed by atoms with Crippen LogP contribution in [0.25, 0.3) is 0 Å². The summed E-state index contributed by atoms with van der Waals surface area (Å²) < 4.78 is 27.5. The van der Waals surface area contributed by atoms with Crippen LogP contribution in [0.3, 0.4) is 0 Å². The van der Waals surface area contributed by atoms with Gasteiger partial charge in [0, 0.05) is 13.1 Å². The first-order chi connectivity index (χ1) is 11.0. The second-order valence-electron chi connectivity index (χ2n) is 6.34. The van der Waals surface area contributed by atoms with Crippen LogP contribution in [0.2, 0.25) is 0 Å². The van der Waals surface area contributed by atoms with Crippen LogP contribution < -0.4 is 0 Å². The third-order valence-electron chi connectivity index (χ3n) is 4.18. The highest BCUT2D eigenvalue weighted by molar-refractivity contribution is 7.89. The van der Waals surface area contributed by atoms with Crippen molar-refractivity contribution in [3.8, 4) is 0 Å². The van der Waals surface area contributed by atoms with Crippen LogP contribution >= 0.6 is 0 Å². The molecule has 0 spiro atoms. The number of hydrogen-bond acceptors (Lipinski definition) is 2. The molecule has 0 N–H and O–H groups in total. The Kier molecular flexibility index (Phi) is 9.49. The van der Waals surface area contributed by atoms with Crippen molar-refractivity contribution in [2.75, 3.05) is 13.1 Å². The van der Waals surface area contributed by atoms with Crippen LogP contribution in [-0.2, 0) is 10.0 Å². The Labute approximate surface area is 143 Å². The maximum atomic E-state index is 12.9. The Balaban J connectivity index is 2.76. The van der Waals surface area contributed by atoms with E-state index in [9.17, 15) is 8.42 Å². The summed E-state index contributed by atoms with van der Waals surface area (Å²) in [5, 5.41) is 0.